The van der Waals surface area contributed by atoms with Crippen molar-refractivity contribution in [1.82, 2.24) is 9.78 Å². The maximum absolute atomic E-state index is 13.0. The molecule has 0 aliphatic heterocycles. The van der Waals surface area contributed by atoms with Crippen molar-refractivity contribution in [3.8, 4) is 5.69 Å². The van der Waals surface area contributed by atoms with E-state index in [0.29, 0.717) is 11.5 Å². The summed E-state index contributed by atoms with van der Waals surface area (Å²) in [4.78, 5) is 0. The largest absolute Gasteiger partial charge is 0.384 e. The molecule has 0 unspecified atom stereocenters. The first-order chi connectivity index (χ1) is 9.00. The topological polar surface area (TPSA) is 43.8 Å². The Labute approximate surface area is 111 Å². The van der Waals surface area contributed by atoms with Crippen molar-refractivity contribution < 1.29 is 8.78 Å². The van der Waals surface area contributed by atoms with Gasteiger partial charge in [-0.15, -0.1) is 0 Å². The summed E-state index contributed by atoms with van der Waals surface area (Å²) in [5.74, 6) is 0.368. The summed E-state index contributed by atoms with van der Waals surface area (Å²) in [6, 6.07) is 9.12. The van der Waals surface area contributed by atoms with Crippen LogP contribution in [-0.2, 0) is 5.41 Å². The normalized spacial score (nSPS) is 11.8. The molecular formula is C14H17F2N3. The van der Waals surface area contributed by atoms with E-state index in [1.807, 2.05) is 31.2 Å². The fourth-order valence-electron chi connectivity index (χ4n) is 1.76. The maximum atomic E-state index is 13.0. The number of nitrogens with two attached hydrogens (primary N) is 1. The van der Waals surface area contributed by atoms with Crippen molar-refractivity contribution in [3.63, 3.8) is 0 Å². The van der Waals surface area contributed by atoms with E-state index in [1.54, 1.807) is 0 Å². The Bertz CT molecular complexity index is 557. The summed E-state index contributed by atoms with van der Waals surface area (Å²) in [5, 5.41) is 4.24. The molecule has 2 rings (SSSR count). The van der Waals surface area contributed by atoms with Crippen LogP contribution in [0.3, 0.4) is 0 Å². The number of alkyl halides is 2. The number of aromatic nitrogens is 2. The van der Waals surface area contributed by atoms with Gasteiger partial charge in [0.05, 0.1) is 16.8 Å². The van der Waals surface area contributed by atoms with Gasteiger partial charge < -0.3 is 5.73 Å². The zero-order valence-corrected chi connectivity index (χ0v) is 11.0. The molecule has 0 spiro atoms. The van der Waals surface area contributed by atoms with Gasteiger partial charge in [0.1, 0.15) is 19.2 Å². The van der Waals surface area contributed by atoms with Gasteiger partial charge in [-0.1, -0.05) is 17.7 Å². The van der Waals surface area contributed by atoms with Crippen molar-refractivity contribution in [3.05, 3.63) is 41.6 Å². The molecular weight excluding hydrogens is 248 g/mol. The van der Waals surface area contributed by atoms with Gasteiger partial charge in [-0.25, -0.2) is 13.5 Å². The number of nitrogen functional groups attached to an aromatic ring is 1. The van der Waals surface area contributed by atoms with Gasteiger partial charge in [0.15, 0.2) is 0 Å². The van der Waals surface area contributed by atoms with Gasteiger partial charge >= 0.3 is 0 Å². The quantitative estimate of drug-likeness (QED) is 0.923. The van der Waals surface area contributed by atoms with Crippen LogP contribution in [0.1, 0.15) is 18.2 Å². The molecule has 0 amide bonds. The summed E-state index contributed by atoms with van der Waals surface area (Å²) >= 11 is 0. The van der Waals surface area contributed by atoms with Gasteiger partial charge in [-0.05, 0) is 26.0 Å². The maximum Gasteiger partial charge on any atom is 0.127 e. The number of hydrogen-bond donors (Lipinski definition) is 1. The Morgan fingerprint density at radius 1 is 1.21 bits per heavy atom. The fourth-order valence-corrected chi connectivity index (χ4v) is 1.76. The minimum Gasteiger partial charge on any atom is -0.384 e. The molecule has 3 nitrogen and oxygen atoms in total. The Morgan fingerprint density at radius 2 is 1.79 bits per heavy atom. The molecule has 0 saturated carbocycles. The third-order valence-corrected chi connectivity index (χ3v) is 3.22. The minimum absolute atomic E-state index is 0.329. The highest BCUT2D eigenvalue weighted by molar-refractivity contribution is 5.45. The lowest BCUT2D eigenvalue weighted by atomic mass is 9.90. The highest BCUT2D eigenvalue weighted by Crippen LogP contribution is 2.27. The number of hydrogen-bond acceptors (Lipinski definition) is 2. The van der Waals surface area contributed by atoms with Crippen LogP contribution in [0.15, 0.2) is 30.3 Å². The number of nitrogens with zero attached hydrogens (tertiary/aromatic N) is 2. The third kappa shape index (κ3) is 2.45. The number of halogens is 2. The Hall–Kier alpha value is -1.91. The second-order valence-electron chi connectivity index (χ2n) is 5.03. The molecule has 0 saturated heterocycles. The molecule has 0 aliphatic rings. The predicted octanol–water partition coefficient (Wildman–Crippen LogP) is 2.96. The molecule has 1 aromatic heterocycles. The molecule has 0 radical (unpaired) electrons. The van der Waals surface area contributed by atoms with E-state index < -0.39 is 18.8 Å². The lowest BCUT2D eigenvalue weighted by molar-refractivity contribution is 0.252. The monoisotopic (exact) mass is 265 g/mol. The van der Waals surface area contributed by atoms with Gasteiger partial charge in [-0.3, -0.25) is 0 Å². The van der Waals surface area contributed by atoms with Crippen LogP contribution >= 0.6 is 0 Å². The van der Waals surface area contributed by atoms with Gasteiger partial charge in [-0.2, -0.15) is 5.10 Å². The van der Waals surface area contributed by atoms with Crippen molar-refractivity contribution >= 4 is 5.82 Å². The van der Waals surface area contributed by atoms with E-state index in [-0.39, 0.29) is 0 Å². The molecule has 19 heavy (non-hydrogen) atoms. The van der Waals surface area contributed by atoms with E-state index in [0.717, 1.165) is 11.3 Å². The first-order valence-electron chi connectivity index (χ1n) is 6.05. The molecule has 2 N–H and O–H groups in total. The van der Waals surface area contributed by atoms with E-state index in [2.05, 4.69) is 5.10 Å². The zero-order chi connectivity index (χ0) is 14.0. The Balaban J connectivity index is 2.44. The summed E-state index contributed by atoms with van der Waals surface area (Å²) in [6.07, 6.45) is 0. The molecule has 1 heterocycles. The average Bonchev–Trinajstić information content (AvgIpc) is 2.81. The van der Waals surface area contributed by atoms with Crippen LogP contribution in [0.4, 0.5) is 14.6 Å². The van der Waals surface area contributed by atoms with Crippen molar-refractivity contribution in [2.45, 2.75) is 19.3 Å². The standard InChI is InChI=1S/C14H17F2N3/c1-10-3-5-11(6-4-10)19-13(17)7-12(18-19)14(2,8-15)9-16/h3-7H,8-9,17H2,1-2H3. The van der Waals surface area contributed by atoms with Crippen LogP contribution in [0.25, 0.3) is 5.69 Å². The van der Waals surface area contributed by atoms with Gasteiger partial charge in [0.2, 0.25) is 0 Å². The smallest absolute Gasteiger partial charge is 0.127 e. The van der Waals surface area contributed by atoms with Crippen LogP contribution in [0, 0.1) is 6.92 Å². The molecule has 0 atom stereocenters. The summed E-state index contributed by atoms with van der Waals surface area (Å²) in [6.45, 7) is 1.85. The van der Waals surface area contributed by atoms with Crippen LogP contribution in [0.2, 0.25) is 0 Å². The molecule has 0 bridgehead atoms. The van der Waals surface area contributed by atoms with Crippen molar-refractivity contribution in [1.29, 1.82) is 0 Å². The second kappa shape index (κ2) is 4.99. The second-order valence-corrected chi connectivity index (χ2v) is 5.03. The number of rotatable bonds is 4. The molecule has 2 aromatic rings. The van der Waals surface area contributed by atoms with Crippen molar-refractivity contribution in [2.75, 3.05) is 19.1 Å². The lowest BCUT2D eigenvalue weighted by Gasteiger charge is -2.19. The van der Waals surface area contributed by atoms with Crippen molar-refractivity contribution in [2.24, 2.45) is 0 Å². The number of anilines is 1. The van der Waals surface area contributed by atoms with E-state index in [4.69, 9.17) is 5.73 Å². The Morgan fingerprint density at radius 3 is 2.32 bits per heavy atom. The Kier molecular flexibility index (Phi) is 3.55. The van der Waals surface area contributed by atoms with E-state index in [1.165, 1.54) is 17.7 Å². The summed E-state index contributed by atoms with van der Waals surface area (Å²) < 4.78 is 27.5. The SMILES string of the molecule is Cc1ccc(-n2nc(C(C)(CF)CF)cc2N)cc1. The first-order valence-corrected chi connectivity index (χ1v) is 6.05. The van der Waals surface area contributed by atoms with Gasteiger partial charge in [0.25, 0.3) is 0 Å². The highest BCUT2D eigenvalue weighted by Gasteiger charge is 2.30. The predicted molar refractivity (Wildman–Crippen MR) is 72.0 cm³/mol. The number of aryl methyl sites for hydroxylation is 1. The zero-order valence-electron chi connectivity index (χ0n) is 11.0. The lowest BCUT2D eigenvalue weighted by Crippen LogP contribution is -2.28. The molecule has 0 aliphatic carbocycles. The molecule has 5 heteroatoms. The van der Waals surface area contributed by atoms with Gasteiger partial charge in [0, 0.05) is 6.07 Å². The average molecular weight is 265 g/mol. The molecule has 0 fully saturated rings. The summed E-state index contributed by atoms with van der Waals surface area (Å²) in [7, 11) is 0. The summed E-state index contributed by atoms with van der Waals surface area (Å²) in [5.41, 5.74) is 6.86. The number of benzene rings is 1. The van der Waals surface area contributed by atoms with Crippen LogP contribution < -0.4 is 5.73 Å². The minimum atomic E-state index is -1.23. The fraction of sp³-hybridized carbons (Fsp3) is 0.357. The molecule has 102 valence electrons. The third-order valence-electron chi connectivity index (χ3n) is 3.22. The van der Waals surface area contributed by atoms with E-state index in [9.17, 15) is 8.78 Å². The van der Waals surface area contributed by atoms with E-state index >= 15 is 0 Å². The first kappa shape index (κ1) is 13.5. The highest BCUT2D eigenvalue weighted by atomic mass is 19.1. The molecule has 1 aromatic carbocycles. The van der Waals surface area contributed by atoms with Crippen LogP contribution in [0.5, 0.6) is 0 Å². The van der Waals surface area contributed by atoms with Crippen LogP contribution in [-0.4, -0.2) is 23.1 Å².